The van der Waals surface area contributed by atoms with E-state index in [0.717, 1.165) is 6.07 Å². The van der Waals surface area contributed by atoms with Crippen molar-refractivity contribution >= 4 is 5.69 Å². The van der Waals surface area contributed by atoms with Crippen molar-refractivity contribution in [3.05, 3.63) is 17.7 Å². The molecule has 1 saturated heterocycles. The predicted molar refractivity (Wildman–Crippen MR) is 66.9 cm³/mol. The van der Waals surface area contributed by atoms with Crippen molar-refractivity contribution in [1.29, 1.82) is 0 Å². The number of phenols is 2. The van der Waals surface area contributed by atoms with Gasteiger partial charge in [-0.15, -0.1) is 0 Å². The molecular weight excluding hydrogens is 270 g/mol. The lowest BCUT2D eigenvalue weighted by molar-refractivity contribution is -0.231. The summed E-state index contributed by atoms with van der Waals surface area (Å²) >= 11 is 0. The monoisotopic (exact) mass is 287 g/mol. The lowest BCUT2D eigenvalue weighted by Crippen LogP contribution is -2.55. The molecule has 8 N–H and O–H groups in total. The van der Waals surface area contributed by atoms with Crippen molar-refractivity contribution < 1.29 is 35.4 Å². The summed E-state index contributed by atoms with van der Waals surface area (Å²) in [7, 11) is 0. The zero-order valence-corrected chi connectivity index (χ0v) is 10.4. The van der Waals surface area contributed by atoms with Crippen molar-refractivity contribution in [2.75, 3.05) is 12.3 Å². The van der Waals surface area contributed by atoms with E-state index in [-0.39, 0.29) is 11.3 Å². The van der Waals surface area contributed by atoms with Crippen LogP contribution in [-0.4, -0.2) is 61.7 Å². The van der Waals surface area contributed by atoms with Crippen molar-refractivity contribution in [2.24, 2.45) is 0 Å². The second kappa shape index (κ2) is 5.43. The fraction of sp³-hybridized carbons (Fsp3) is 0.500. The summed E-state index contributed by atoms with van der Waals surface area (Å²) in [4.78, 5) is 0. The van der Waals surface area contributed by atoms with Crippen molar-refractivity contribution in [3.63, 3.8) is 0 Å². The van der Waals surface area contributed by atoms with Crippen LogP contribution in [0, 0.1) is 0 Å². The summed E-state index contributed by atoms with van der Waals surface area (Å²) < 4.78 is 5.31. The topological polar surface area (TPSA) is 157 Å². The molecule has 1 heterocycles. The zero-order chi connectivity index (χ0) is 15.0. The normalized spacial score (nSPS) is 34.1. The second-order valence-corrected chi connectivity index (χ2v) is 4.69. The van der Waals surface area contributed by atoms with Crippen molar-refractivity contribution in [3.8, 4) is 11.5 Å². The first-order valence-electron chi connectivity index (χ1n) is 5.99. The van der Waals surface area contributed by atoms with Gasteiger partial charge in [0.05, 0.1) is 12.3 Å². The van der Waals surface area contributed by atoms with Gasteiger partial charge in [0.2, 0.25) is 0 Å². The van der Waals surface area contributed by atoms with E-state index in [9.17, 15) is 25.5 Å². The number of phenolic OH excluding ortho intramolecular Hbond substituents is 2. The molecule has 20 heavy (non-hydrogen) atoms. The van der Waals surface area contributed by atoms with Gasteiger partial charge < -0.3 is 41.1 Å². The summed E-state index contributed by atoms with van der Waals surface area (Å²) in [5.41, 5.74) is 5.56. The van der Waals surface area contributed by atoms with Gasteiger partial charge in [0.25, 0.3) is 0 Å². The quantitative estimate of drug-likeness (QED) is 0.248. The van der Waals surface area contributed by atoms with E-state index in [1.54, 1.807) is 0 Å². The third kappa shape index (κ3) is 2.28. The molecule has 0 spiro atoms. The average molecular weight is 287 g/mol. The minimum atomic E-state index is -1.54. The van der Waals surface area contributed by atoms with Gasteiger partial charge >= 0.3 is 0 Å². The molecule has 0 aromatic heterocycles. The van der Waals surface area contributed by atoms with E-state index in [4.69, 9.17) is 15.6 Å². The Bertz CT molecular complexity index is 493. The van der Waals surface area contributed by atoms with Crippen LogP contribution in [0.2, 0.25) is 0 Å². The average Bonchev–Trinajstić information content (AvgIpc) is 2.44. The van der Waals surface area contributed by atoms with Gasteiger partial charge in [0, 0.05) is 5.56 Å². The summed E-state index contributed by atoms with van der Waals surface area (Å²) in [6.07, 6.45) is -6.75. The molecule has 0 unspecified atom stereocenters. The predicted octanol–water partition coefficient (Wildman–Crippen LogP) is -1.81. The maximum Gasteiger partial charge on any atom is 0.181 e. The van der Waals surface area contributed by atoms with E-state index in [1.807, 2.05) is 0 Å². The molecule has 5 atom stereocenters. The van der Waals surface area contributed by atoms with Crippen molar-refractivity contribution in [2.45, 2.75) is 30.5 Å². The molecule has 1 aliphatic rings. The molecule has 1 aromatic rings. The fourth-order valence-corrected chi connectivity index (χ4v) is 2.22. The first-order valence-corrected chi connectivity index (χ1v) is 5.99. The summed E-state index contributed by atoms with van der Waals surface area (Å²) in [5, 5.41) is 57.3. The van der Waals surface area contributed by atoms with Crippen LogP contribution in [0.15, 0.2) is 12.1 Å². The van der Waals surface area contributed by atoms with Gasteiger partial charge in [-0.2, -0.15) is 0 Å². The molecule has 1 fully saturated rings. The standard InChI is InChI=1S/C12H17NO7/c13-7-4(1-2-5(15)8(7)16)12-11(19)10(18)9(17)6(3-14)20-12/h1-2,6,9-12,14-19H,3,13H2/t6-,9-,10+,11-,12-/m1/s1. The van der Waals surface area contributed by atoms with E-state index >= 15 is 0 Å². The summed E-state index contributed by atoms with van der Waals surface area (Å²) in [5.74, 6) is -1.00. The SMILES string of the molecule is Nc1c([C@H]2O[C@H](CO)[C@@H](O)[C@H](O)[C@H]2O)ccc(O)c1O. The van der Waals surface area contributed by atoms with E-state index < -0.39 is 48.6 Å². The third-order valence-electron chi connectivity index (χ3n) is 3.43. The molecule has 0 saturated carbocycles. The largest absolute Gasteiger partial charge is 0.504 e. The Morgan fingerprint density at radius 1 is 1.05 bits per heavy atom. The number of aromatic hydroxyl groups is 2. The molecule has 0 aliphatic carbocycles. The van der Waals surface area contributed by atoms with Crippen LogP contribution in [0.25, 0.3) is 0 Å². The van der Waals surface area contributed by atoms with Crippen LogP contribution in [-0.2, 0) is 4.74 Å². The molecular formula is C12H17NO7. The first-order chi connectivity index (χ1) is 9.38. The third-order valence-corrected chi connectivity index (χ3v) is 3.43. The van der Waals surface area contributed by atoms with Gasteiger partial charge in [0.1, 0.15) is 30.5 Å². The van der Waals surface area contributed by atoms with Crippen LogP contribution >= 0.6 is 0 Å². The molecule has 1 aliphatic heterocycles. The molecule has 0 amide bonds. The van der Waals surface area contributed by atoms with Gasteiger partial charge in [-0.3, -0.25) is 0 Å². The highest BCUT2D eigenvalue weighted by Gasteiger charge is 2.44. The molecule has 1 aromatic carbocycles. The molecule has 8 heteroatoms. The summed E-state index contributed by atoms with van der Waals surface area (Å²) in [6.45, 7) is -0.564. The van der Waals surface area contributed by atoms with Crippen LogP contribution in [0.1, 0.15) is 11.7 Å². The number of aliphatic hydroxyl groups excluding tert-OH is 4. The number of aliphatic hydroxyl groups is 4. The number of nitrogens with two attached hydrogens (primary N) is 1. The van der Waals surface area contributed by atoms with Gasteiger partial charge in [-0.25, -0.2) is 0 Å². The molecule has 112 valence electrons. The van der Waals surface area contributed by atoms with Gasteiger partial charge in [-0.1, -0.05) is 6.07 Å². The highest BCUT2D eigenvalue weighted by Crippen LogP contribution is 2.41. The van der Waals surface area contributed by atoms with E-state index in [2.05, 4.69) is 0 Å². The Balaban J connectivity index is 2.39. The van der Waals surface area contributed by atoms with Crippen LogP contribution < -0.4 is 5.73 Å². The molecule has 0 radical (unpaired) electrons. The minimum absolute atomic E-state index is 0.136. The lowest BCUT2D eigenvalue weighted by atomic mass is 9.90. The van der Waals surface area contributed by atoms with Gasteiger partial charge in [0.15, 0.2) is 11.5 Å². The van der Waals surface area contributed by atoms with Crippen LogP contribution in [0.3, 0.4) is 0 Å². The number of rotatable bonds is 2. The van der Waals surface area contributed by atoms with Gasteiger partial charge in [-0.05, 0) is 6.07 Å². The number of ether oxygens (including phenoxy) is 1. The highest BCUT2D eigenvalue weighted by molar-refractivity contribution is 5.64. The zero-order valence-electron chi connectivity index (χ0n) is 10.4. The maximum absolute atomic E-state index is 9.94. The number of nitrogen functional groups attached to an aromatic ring is 1. The number of hydrogen-bond acceptors (Lipinski definition) is 8. The smallest absolute Gasteiger partial charge is 0.181 e. The van der Waals surface area contributed by atoms with Crippen LogP contribution in [0.5, 0.6) is 11.5 Å². The van der Waals surface area contributed by atoms with Crippen molar-refractivity contribution in [1.82, 2.24) is 0 Å². The molecule has 0 bridgehead atoms. The lowest BCUT2D eigenvalue weighted by Gasteiger charge is -2.40. The first kappa shape index (κ1) is 14.8. The number of anilines is 1. The minimum Gasteiger partial charge on any atom is -0.504 e. The Morgan fingerprint density at radius 2 is 1.70 bits per heavy atom. The summed E-state index contributed by atoms with van der Waals surface area (Å²) in [6, 6.07) is 2.47. The number of hydrogen-bond donors (Lipinski definition) is 7. The Kier molecular flexibility index (Phi) is 4.02. The highest BCUT2D eigenvalue weighted by atomic mass is 16.5. The molecule has 2 rings (SSSR count). The van der Waals surface area contributed by atoms with E-state index in [0.29, 0.717) is 0 Å². The fourth-order valence-electron chi connectivity index (χ4n) is 2.22. The second-order valence-electron chi connectivity index (χ2n) is 4.69. The molecule has 8 nitrogen and oxygen atoms in total. The Labute approximate surface area is 114 Å². The Hall–Kier alpha value is -1.58. The number of benzene rings is 1. The maximum atomic E-state index is 9.94. The van der Waals surface area contributed by atoms with Crippen LogP contribution in [0.4, 0.5) is 5.69 Å². The van der Waals surface area contributed by atoms with E-state index in [1.165, 1.54) is 6.07 Å². The Morgan fingerprint density at radius 3 is 2.30 bits per heavy atom.